The van der Waals surface area contributed by atoms with Gasteiger partial charge in [0, 0.05) is 24.9 Å². The second-order valence-corrected chi connectivity index (χ2v) is 10.7. The second kappa shape index (κ2) is 6.30. The van der Waals surface area contributed by atoms with Gasteiger partial charge in [0.2, 0.25) is 0 Å². The van der Waals surface area contributed by atoms with E-state index >= 15 is 0 Å². The molecule has 0 bridgehead atoms. The molecule has 28 heavy (non-hydrogen) atoms. The van der Waals surface area contributed by atoms with Crippen molar-refractivity contribution in [2.45, 2.75) is 83.8 Å². The molecule has 0 aromatic rings. The normalized spacial score (nSPS) is 46.8. The third-order valence-electron chi connectivity index (χ3n) is 9.88. The average Bonchev–Trinajstić information content (AvgIpc) is 3.28. The SMILES string of the molecule is CC12CCC3=C(CCC4(C#N)CC5(CCC34C)OCCO5)C1CCC2CCO. The van der Waals surface area contributed by atoms with Gasteiger partial charge in [-0.25, -0.2) is 0 Å². The lowest BCUT2D eigenvalue weighted by Gasteiger charge is -2.59. The largest absolute Gasteiger partial charge is 0.396 e. The van der Waals surface area contributed by atoms with Gasteiger partial charge in [-0.15, -0.1) is 0 Å². The van der Waals surface area contributed by atoms with Crippen LogP contribution in [0, 0.1) is 39.4 Å². The van der Waals surface area contributed by atoms with Gasteiger partial charge in [-0.05, 0) is 68.6 Å². The Kier molecular flexibility index (Phi) is 4.30. The number of ether oxygens (including phenoxy) is 2. The molecule has 4 nitrogen and oxygen atoms in total. The van der Waals surface area contributed by atoms with Gasteiger partial charge < -0.3 is 14.6 Å². The van der Waals surface area contributed by atoms with E-state index in [1.807, 2.05) is 0 Å². The maximum absolute atomic E-state index is 10.4. The van der Waals surface area contributed by atoms with Crippen LogP contribution in [0.1, 0.15) is 78.1 Å². The Morgan fingerprint density at radius 3 is 2.57 bits per heavy atom. The molecule has 3 fully saturated rings. The van der Waals surface area contributed by atoms with Crippen molar-refractivity contribution in [1.29, 1.82) is 5.26 Å². The van der Waals surface area contributed by atoms with E-state index in [2.05, 4.69) is 19.9 Å². The fraction of sp³-hybridized carbons (Fsp3) is 0.875. The Morgan fingerprint density at radius 2 is 1.86 bits per heavy atom. The number of rotatable bonds is 2. The zero-order valence-corrected chi connectivity index (χ0v) is 17.6. The zero-order valence-electron chi connectivity index (χ0n) is 17.6. The van der Waals surface area contributed by atoms with Gasteiger partial charge in [0.1, 0.15) is 0 Å². The van der Waals surface area contributed by atoms with E-state index in [1.54, 1.807) is 11.1 Å². The molecule has 5 rings (SSSR count). The predicted molar refractivity (Wildman–Crippen MR) is 106 cm³/mol. The third kappa shape index (κ3) is 2.33. The summed E-state index contributed by atoms with van der Waals surface area (Å²) in [5.74, 6) is 0.814. The van der Waals surface area contributed by atoms with E-state index in [4.69, 9.17) is 9.47 Å². The minimum Gasteiger partial charge on any atom is -0.396 e. The lowest BCUT2D eigenvalue weighted by Crippen LogP contribution is -2.55. The summed E-state index contributed by atoms with van der Waals surface area (Å²) in [6, 6.07) is 2.82. The van der Waals surface area contributed by atoms with Crippen LogP contribution in [0.2, 0.25) is 0 Å². The molecule has 4 heteroatoms. The maximum Gasteiger partial charge on any atom is 0.170 e. The molecule has 0 amide bonds. The number of nitriles is 1. The van der Waals surface area contributed by atoms with E-state index in [9.17, 15) is 10.4 Å². The first-order valence-electron chi connectivity index (χ1n) is 11.4. The number of aliphatic hydroxyl groups is 1. The quantitative estimate of drug-likeness (QED) is 0.698. The molecule has 1 N–H and O–H groups in total. The summed E-state index contributed by atoms with van der Waals surface area (Å²) in [5.41, 5.74) is 3.28. The summed E-state index contributed by atoms with van der Waals surface area (Å²) < 4.78 is 12.1. The van der Waals surface area contributed by atoms with Crippen LogP contribution < -0.4 is 0 Å². The van der Waals surface area contributed by atoms with Crippen molar-refractivity contribution in [2.75, 3.05) is 19.8 Å². The van der Waals surface area contributed by atoms with Crippen LogP contribution in [0.25, 0.3) is 0 Å². The lowest BCUT2D eigenvalue weighted by molar-refractivity contribution is -0.217. The van der Waals surface area contributed by atoms with Crippen LogP contribution in [0.5, 0.6) is 0 Å². The average molecular weight is 386 g/mol. The van der Waals surface area contributed by atoms with Crippen molar-refractivity contribution in [1.82, 2.24) is 0 Å². The molecule has 0 radical (unpaired) electrons. The van der Waals surface area contributed by atoms with Crippen LogP contribution in [0.3, 0.4) is 0 Å². The van der Waals surface area contributed by atoms with E-state index in [0.29, 0.717) is 37.1 Å². The van der Waals surface area contributed by atoms with Gasteiger partial charge in [-0.1, -0.05) is 25.0 Å². The first-order valence-corrected chi connectivity index (χ1v) is 11.4. The van der Waals surface area contributed by atoms with Gasteiger partial charge in [0.25, 0.3) is 0 Å². The summed E-state index contributed by atoms with van der Waals surface area (Å²) >= 11 is 0. The molecular weight excluding hydrogens is 350 g/mol. The molecule has 0 aromatic heterocycles. The second-order valence-electron chi connectivity index (χ2n) is 10.7. The Balaban J connectivity index is 1.52. The van der Waals surface area contributed by atoms with Gasteiger partial charge in [0.15, 0.2) is 5.79 Å². The maximum atomic E-state index is 10.4. The molecule has 5 unspecified atom stereocenters. The number of nitrogens with zero attached hydrogens (tertiary/aromatic N) is 1. The van der Waals surface area contributed by atoms with Crippen molar-refractivity contribution in [3.05, 3.63) is 11.1 Å². The summed E-state index contributed by atoms with van der Waals surface area (Å²) in [4.78, 5) is 0. The highest BCUT2D eigenvalue weighted by Crippen LogP contribution is 2.69. The highest BCUT2D eigenvalue weighted by Gasteiger charge is 2.64. The number of fused-ring (bicyclic) bond motifs is 4. The van der Waals surface area contributed by atoms with Crippen molar-refractivity contribution in [3.63, 3.8) is 0 Å². The summed E-state index contributed by atoms with van der Waals surface area (Å²) in [7, 11) is 0. The first kappa shape index (κ1) is 19.1. The molecular formula is C24H35NO3. The Hall–Kier alpha value is -0.890. The molecule has 2 saturated carbocycles. The van der Waals surface area contributed by atoms with Crippen LogP contribution in [0.15, 0.2) is 11.1 Å². The van der Waals surface area contributed by atoms with E-state index in [1.165, 1.54) is 19.3 Å². The fourth-order valence-corrected chi connectivity index (χ4v) is 8.15. The molecule has 154 valence electrons. The molecule has 5 aliphatic rings. The lowest BCUT2D eigenvalue weighted by atomic mass is 9.45. The molecule has 1 spiro atoms. The predicted octanol–water partition coefficient (Wildman–Crippen LogP) is 4.73. The van der Waals surface area contributed by atoms with Crippen LogP contribution >= 0.6 is 0 Å². The number of hydrogen-bond donors (Lipinski definition) is 1. The number of allylic oxidation sites excluding steroid dienone is 2. The third-order valence-corrected chi connectivity index (χ3v) is 9.88. The smallest absolute Gasteiger partial charge is 0.170 e. The molecule has 1 aliphatic heterocycles. The Bertz CT molecular complexity index is 733. The standard InChI is InChI=1S/C24H35NO3/c1-21-8-6-20-18(19(21)4-3-17(21)7-12-26)5-9-23(16-25)15-24(27-13-14-28-24)11-10-22(20,23)2/h17,19,26H,3-15H2,1-2H3. The fourth-order valence-electron chi connectivity index (χ4n) is 8.15. The van der Waals surface area contributed by atoms with Gasteiger partial charge in [0.05, 0.1) is 24.7 Å². The molecule has 1 saturated heterocycles. The Labute approximate surface area is 169 Å². The summed E-state index contributed by atoms with van der Waals surface area (Å²) in [6.07, 6.45) is 10.5. The zero-order chi connectivity index (χ0) is 19.6. The molecule has 4 aliphatic carbocycles. The van der Waals surface area contributed by atoms with E-state index in [0.717, 1.165) is 44.9 Å². The topological polar surface area (TPSA) is 62.5 Å². The van der Waals surface area contributed by atoms with E-state index < -0.39 is 5.79 Å². The number of hydrogen-bond acceptors (Lipinski definition) is 4. The monoisotopic (exact) mass is 385 g/mol. The highest BCUT2D eigenvalue weighted by molar-refractivity contribution is 5.39. The minimum atomic E-state index is -0.504. The van der Waals surface area contributed by atoms with Crippen molar-refractivity contribution in [3.8, 4) is 6.07 Å². The van der Waals surface area contributed by atoms with Crippen molar-refractivity contribution >= 4 is 0 Å². The van der Waals surface area contributed by atoms with Crippen LogP contribution in [-0.2, 0) is 9.47 Å². The van der Waals surface area contributed by atoms with Gasteiger partial charge in [-0.2, -0.15) is 5.26 Å². The van der Waals surface area contributed by atoms with Gasteiger partial charge in [-0.3, -0.25) is 0 Å². The summed E-state index contributed by atoms with van der Waals surface area (Å²) in [5, 5.41) is 20.0. The molecule has 5 atom stereocenters. The summed E-state index contributed by atoms with van der Waals surface area (Å²) in [6.45, 7) is 6.52. The van der Waals surface area contributed by atoms with Crippen LogP contribution in [0.4, 0.5) is 0 Å². The van der Waals surface area contributed by atoms with Crippen molar-refractivity contribution in [2.24, 2.45) is 28.1 Å². The Morgan fingerprint density at radius 1 is 1.07 bits per heavy atom. The van der Waals surface area contributed by atoms with Gasteiger partial charge >= 0.3 is 0 Å². The molecule has 1 heterocycles. The molecule has 0 aromatic carbocycles. The van der Waals surface area contributed by atoms with Crippen LogP contribution in [-0.4, -0.2) is 30.7 Å². The number of aliphatic hydroxyl groups excluding tert-OH is 1. The minimum absolute atomic E-state index is 0.0354. The van der Waals surface area contributed by atoms with E-state index in [-0.39, 0.29) is 10.8 Å². The highest BCUT2D eigenvalue weighted by atomic mass is 16.7. The van der Waals surface area contributed by atoms with Crippen molar-refractivity contribution < 1.29 is 14.6 Å². The first-order chi connectivity index (χ1) is 13.4.